The summed E-state index contributed by atoms with van der Waals surface area (Å²) in [6.45, 7) is 3.55. The molecule has 1 aromatic carbocycles. The first-order valence-corrected chi connectivity index (χ1v) is 5.71. The van der Waals surface area contributed by atoms with E-state index in [9.17, 15) is 0 Å². The molecule has 0 aliphatic rings. The van der Waals surface area contributed by atoms with Crippen molar-refractivity contribution >= 4 is 5.69 Å². The van der Waals surface area contributed by atoms with Crippen molar-refractivity contribution in [3.8, 4) is 5.75 Å². The average molecular weight is 231 g/mol. The number of hydrogen-bond donors (Lipinski definition) is 1. The lowest BCUT2D eigenvalue weighted by atomic mass is 10.2. The summed E-state index contributed by atoms with van der Waals surface area (Å²) in [5.41, 5.74) is 7.70. The van der Waals surface area contributed by atoms with Gasteiger partial charge in [0.15, 0.2) is 0 Å². The third-order valence-electron chi connectivity index (χ3n) is 2.66. The van der Waals surface area contributed by atoms with Gasteiger partial charge in [-0.3, -0.25) is 0 Å². The van der Waals surface area contributed by atoms with Crippen molar-refractivity contribution in [2.75, 3.05) is 12.3 Å². The number of hydrogen-bond acceptors (Lipinski definition) is 3. The molecule has 2 rings (SSSR count). The summed E-state index contributed by atoms with van der Waals surface area (Å²) in [7, 11) is 0. The number of aromatic nitrogens is 2. The number of para-hydroxylation sites is 1. The first-order chi connectivity index (χ1) is 8.27. The highest BCUT2D eigenvalue weighted by Crippen LogP contribution is 2.24. The van der Waals surface area contributed by atoms with E-state index in [-0.39, 0.29) is 0 Å². The zero-order chi connectivity index (χ0) is 12.1. The van der Waals surface area contributed by atoms with Crippen molar-refractivity contribution in [1.82, 2.24) is 9.55 Å². The molecule has 0 aliphatic heterocycles. The van der Waals surface area contributed by atoms with Gasteiger partial charge in [-0.15, -0.1) is 0 Å². The number of anilines is 1. The van der Waals surface area contributed by atoms with Crippen molar-refractivity contribution in [3.63, 3.8) is 0 Å². The van der Waals surface area contributed by atoms with E-state index in [4.69, 9.17) is 10.5 Å². The fraction of sp³-hybridized carbons (Fsp3) is 0.308. The molecule has 0 fully saturated rings. The van der Waals surface area contributed by atoms with Gasteiger partial charge in [0.25, 0.3) is 0 Å². The second kappa shape index (κ2) is 5.39. The molecule has 1 heterocycles. The largest absolute Gasteiger partial charge is 0.491 e. The highest BCUT2D eigenvalue weighted by atomic mass is 16.5. The number of aryl methyl sites for hydroxylation is 2. The molecule has 0 aliphatic carbocycles. The summed E-state index contributed by atoms with van der Waals surface area (Å²) in [4.78, 5) is 3.99. The first kappa shape index (κ1) is 11.5. The van der Waals surface area contributed by atoms with E-state index in [1.807, 2.05) is 35.9 Å². The predicted octanol–water partition coefficient (Wildman–Crippen LogP) is 2.24. The zero-order valence-electron chi connectivity index (χ0n) is 9.97. The maximum absolute atomic E-state index is 5.92. The van der Waals surface area contributed by atoms with Crippen molar-refractivity contribution in [3.05, 3.63) is 42.5 Å². The molecule has 90 valence electrons. The molecule has 0 unspecified atom stereocenters. The number of rotatable bonds is 5. The summed E-state index contributed by atoms with van der Waals surface area (Å²) in [5.74, 6) is 0.774. The molecule has 0 spiro atoms. The Labute approximate surface area is 101 Å². The number of benzene rings is 1. The summed E-state index contributed by atoms with van der Waals surface area (Å²) < 4.78 is 7.69. The van der Waals surface area contributed by atoms with E-state index in [0.717, 1.165) is 30.0 Å². The van der Waals surface area contributed by atoms with Crippen LogP contribution in [0.1, 0.15) is 12.0 Å². The minimum Gasteiger partial charge on any atom is -0.491 e. The van der Waals surface area contributed by atoms with E-state index in [0.29, 0.717) is 6.61 Å². The smallest absolute Gasteiger partial charge is 0.142 e. The number of nitrogens with two attached hydrogens (primary N) is 1. The Morgan fingerprint density at radius 2 is 2.29 bits per heavy atom. The van der Waals surface area contributed by atoms with Gasteiger partial charge in [0.2, 0.25) is 0 Å². The third-order valence-corrected chi connectivity index (χ3v) is 2.66. The Morgan fingerprint density at radius 1 is 1.41 bits per heavy atom. The molecule has 0 saturated heterocycles. The molecule has 2 N–H and O–H groups in total. The number of nitrogens with zero attached hydrogens (tertiary/aromatic N) is 2. The SMILES string of the molecule is Cc1cccc(OCCCn2ccnc2)c1N. The molecule has 0 radical (unpaired) electrons. The van der Waals surface area contributed by atoms with Gasteiger partial charge in [0.05, 0.1) is 18.6 Å². The number of imidazole rings is 1. The van der Waals surface area contributed by atoms with Gasteiger partial charge in [-0.25, -0.2) is 4.98 Å². The quantitative estimate of drug-likeness (QED) is 0.634. The van der Waals surface area contributed by atoms with Crippen LogP contribution in [0.3, 0.4) is 0 Å². The lowest BCUT2D eigenvalue weighted by Gasteiger charge is -2.10. The molecular weight excluding hydrogens is 214 g/mol. The molecule has 2 aromatic rings. The predicted molar refractivity (Wildman–Crippen MR) is 67.9 cm³/mol. The normalized spacial score (nSPS) is 10.4. The number of nitrogen functional groups attached to an aromatic ring is 1. The Balaban J connectivity index is 1.80. The van der Waals surface area contributed by atoms with Crippen LogP contribution in [-0.4, -0.2) is 16.2 Å². The summed E-state index contributed by atoms with van der Waals surface area (Å²) in [5, 5.41) is 0. The molecule has 0 amide bonds. The van der Waals surface area contributed by atoms with Crippen LogP contribution in [0.2, 0.25) is 0 Å². The van der Waals surface area contributed by atoms with Crippen LogP contribution >= 0.6 is 0 Å². The highest BCUT2D eigenvalue weighted by Gasteiger charge is 2.01. The van der Waals surface area contributed by atoms with E-state index < -0.39 is 0 Å². The third kappa shape index (κ3) is 3.00. The van der Waals surface area contributed by atoms with Crippen LogP contribution in [0.15, 0.2) is 36.9 Å². The lowest BCUT2D eigenvalue weighted by molar-refractivity contribution is 0.303. The van der Waals surface area contributed by atoms with Crippen LogP contribution in [0.5, 0.6) is 5.75 Å². The molecule has 0 atom stereocenters. The van der Waals surface area contributed by atoms with E-state index in [2.05, 4.69) is 4.98 Å². The summed E-state index contributed by atoms with van der Waals surface area (Å²) in [6, 6.07) is 5.84. The average Bonchev–Trinajstić information content (AvgIpc) is 2.83. The molecular formula is C13H17N3O. The topological polar surface area (TPSA) is 53.1 Å². The van der Waals surface area contributed by atoms with Crippen molar-refractivity contribution < 1.29 is 4.74 Å². The molecule has 0 bridgehead atoms. The van der Waals surface area contributed by atoms with Gasteiger partial charge in [0, 0.05) is 18.9 Å². The van der Waals surface area contributed by atoms with Crippen molar-refractivity contribution in [1.29, 1.82) is 0 Å². The minimum absolute atomic E-state index is 0.659. The van der Waals surface area contributed by atoms with Crippen molar-refractivity contribution in [2.45, 2.75) is 19.9 Å². The molecule has 4 nitrogen and oxygen atoms in total. The van der Waals surface area contributed by atoms with E-state index in [1.54, 1.807) is 12.5 Å². The minimum atomic E-state index is 0.659. The Hall–Kier alpha value is -1.97. The summed E-state index contributed by atoms with van der Waals surface area (Å²) >= 11 is 0. The van der Waals surface area contributed by atoms with Gasteiger partial charge < -0.3 is 15.0 Å². The monoisotopic (exact) mass is 231 g/mol. The maximum Gasteiger partial charge on any atom is 0.142 e. The standard InChI is InChI=1S/C13H17N3O/c1-11-4-2-5-12(13(11)14)17-9-3-7-16-8-6-15-10-16/h2,4-6,8,10H,3,7,9,14H2,1H3. The van der Waals surface area contributed by atoms with Gasteiger partial charge >= 0.3 is 0 Å². The Bertz CT molecular complexity index is 466. The van der Waals surface area contributed by atoms with Crippen molar-refractivity contribution in [2.24, 2.45) is 0 Å². The molecule has 17 heavy (non-hydrogen) atoms. The fourth-order valence-corrected chi connectivity index (χ4v) is 1.63. The number of ether oxygens (including phenoxy) is 1. The van der Waals surface area contributed by atoms with Gasteiger partial charge in [-0.2, -0.15) is 0 Å². The highest BCUT2D eigenvalue weighted by molar-refractivity contribution is 5.57. The molecule has 0 saturated carbocycles. The second-order valence-electron chi connectivity index (χ2n) is 3.99. The Kier molecular flexibility index (Phi) is 3.65. The van der Waals surface area contributed by atoms with Crippen LogP contribution in [0, 0.1) is 6.92 Å². The van der Waals surface area contributed by atoms with Gasteiger partial charge in [-0.1, -0.05) is 12.1 Å². The maximum atomic E-state index is 5.92. The van der Waals surface area contributed by atoms with E-state index in [1.165, 1.54) is 0 Å². The van der Waals surface area contributed by atoms with Crippen LogP contribution in [0.4, 0.5) is 5.69 Å². The lowest BCUT2D eigenvalue weighted by Crippen LogP contribution is -2.05. The van der Waals surface area contributed by atoms with Gasteiger partial charge in [-0.05, 0) is 25.0 Å². The first-order valence-electron chi connectivity index (χ1n) is 5.71. The van der Waals surface area contributed by atoms with E-state index >= 15 is 0 Å². The van der Waals surface area contributed by atoms with Crippen LogP contribution < -0.4 is 10.5 Å². The molecule has 4 heteroatoms. The van der Waals surface area contributed by atoms with Gasteiger partial charge in [0.1, 0.15) is 5.75 Å². The fourth-order valence-electron chi connectivity index (χ4n) is 1.63. The van der Waals surface area contributed by atoms with Crippen LogP contribution in [0.25, 0.3) is 0 Å². The second-order valence-corrected chi connectivity index (χ2v) is 3.99. The summed E-state index contributed by atoms with van der Waals surface area (Å²) in [6.07, 6.45) is 6.46. The molecule has 1 aromatic heterocycles. The zero-order valence-corrected chi connectivity index (χ0v) is 9.97. The van der Waals surface area contributed by atoms with Crippen LogP contribution in [-0.2, 0) is 6.54 Å². The Morgan fingerprint density at radius 3 is 3.06 bits per heavy atom.